The number of aryl methyl sites for hydroxylation is 2. The van der Waals surface area contributed by atoms with Crippen molar-refractivity contribution < 1.29 is 0 Å². The molecule has 0 atom stereocenters. The molecule has 0 aliphatic rings. The van der Waals surface area contributed by atoms with Crippen LogP contribution >= 0.6 is 0 Å². The Labute approximate surface area is 107 Å². The summed E-state index contributed by atoms with van der Waals surface area (Å²) < 4.78 is 0. The van der Waals surface area contributed by atoms with E-state index in [-0.39, 0.29) is 0 Å². The van der Waals surface area contributed by atoms with Crippen LogP contribution in [0.2, 0.25) is 0 Å². The molecule has 1 heterocycles. The van der Waals surface area contributed by atoms with Gasteiger partial charge in [0.25, 0.3) is 0 Å². The molecular formula is C16H27N. The number of hydrogen-bond acceptors (Lipinski definition) is 1. The first kappa shape index (κ1) is 14.2. The van der Waals surface area contributed by atoms with E-state index in [1.807, 2.05) is 0 Å². The van der Waals surface area contributed by atoms with Crippen molar-refractivity contribution >= 4 is 0 Å². The lowest BCUT2D eigenvalue weighted by atomic mass is 10.0. The lowest BCUT2D eigenvalue weighted by Gasteiger charge is -2.06. The highest BCUT2D eigenvalue weighted by molar-refractivity contribution is 5.14. The maximum absolute atomic E-state index is 4.55. The zero-order chi connectivity index (χ0) is 12.7. The summed E-state index contributed by atoms with van der Waals surface area (Å²) in [5.74, 6) is 1.58. The zero-order valence-electron chi connectivity index (χ0n) is 11.9. The number of aromatic nitrogens is 1. The van der Waals surface area contributed by atoms with Crippen molar-refractivity contribution in [3.63, 3.8) is 0 Å². The highest BCUT2D eigenvalue weighted by Crippen LogP contribution is 2.11. The Kier molecular flexibility index (Phi) is 6.25. The van der Waals surface area contributed by atoms with Crippen LogP contribution in [0.15, 0.2) is 18.3 Å². The molecule has 1 aromatic rings. The molecule has 0 aliphatic carbocycles. The molecule has 0 unspecified atom stereocenters. The van der Waals surface area contributed by atoms with E-state index in [9.17, 15) is 0 Å². The topological polar surface area (TPSA) is 12.9 Å². The summed E-state index contributed by atoms with van der Waals surface area (Å²) in [6.07, 6.45) is 8.17. The summed E-state index contributed by atoms with van der Waals surface area (Å²) in [6.45, 7) is 9.10. The van der Waals surface area contributed by atoms with Crippen LogP contribution in [0.5, 0.6) is 0 Å². The average molecular weight is 233 g/mol. The van der Waals surface area contributed by atoms with Crippen molar-refractivity contribution in [1.82, 2.24) is 4.98 Å². The molecule has 0 spiro atoms. The molecule has 0 radical (unpaired) electrons. The molecule has 0 saturated heterocycles. The van der Waals surface area contributed by atoms with E-state index in [1.165, 1.54) is 30.5 Å². The second kappa shape index (κ2) is 7.47. The van der Waals surface area contributed by atoms with E-state index in [2.05, 4.69) is 51.0 Å². The van der Waals surface area contributed by atoms with Crippen molar-refractivity contribution in [2.75, 3.05) is 0 Å². The second-order valence-corrected chi connectivity index (χ2v) is 5.88. The average Bonchev–Trinajstić information content (AvgIpc) is 2.27. The Morgan fingerprint density at radius 1 is 0.941 bits per heavy atom. The highest BCUT2D eigenvalue weighted by atomic mass is 14.7. The largest absolute Gasteiger partial charge is 0.261 e. The highest BCUT2D eigenvalue weighted by Gasteiger charge is 2.00. The van der Waals surface area contributed by atoms with Crippen LogP contribution in [0.3, 0.4) is 0 Å². The van der Waals surface area contributed by atoms with Gasteiger partial charge in [0.2, 0.25) is 0 Å². The van der Waals surface area contributed by atoms with Crippen molar-refractivity contribution in [3.05, 3.63) is 29.6 Å². The maximum atomic E-state index is 4.55. The van der Waals surface area contributed by atoms with Crippen molar-refractivity contribution in [1.29, 1.82) is 0 Å². The smallest absolute Gasteiger partial charge is 0.0403 e. The van der Waals surface area contributed by atoms with Gasteiger partial charge in [-0.15, -0.1) is 0 Å². The first-order valence-electron chi connectivity index (χ1n) is 7.01. The Bertz CT molecular complexity index is 298. The number of nitrogens with zero attached hydrogens (tertiary/aromatic N) is 1. The molecule has 17 heavy (non-hydrogen) atoms. The normalized spacial score (nSPS) is 11.4. The molecule has 0 amide bonds. The Hall–Kier alpha value is -0.850. The molecule has 0 N–H and O–H groups in total. The van der Waals surface area contributed by atoms with Crippen LogP contribution < -0.4 is 0 Å². The first-order valence-corrected chi connectivity index (χ1v) is 7.01. The zero-order valence-corrected chi connectivity index (χ0v) is 11.9. The van der Waals surface area contributed by atoms with Gasteiger partial charge in [0.15, 0.2) is 0 Å². The van der Waals surface area contributed by atoms with E-state index >= 15 is 0 Å². The monoisotopic (exact) mass is 233 g/mol. The van der Waals surface area contributed by atoms with Gasteiger partial charge in [-0.05, 0) is 49.1 Å². The lowest BCUT2D eigenvalue weighted by Crippen LogP contribution is -1.96. The third-order valence-corrected chi connectivity index (χ3v) is 3.11. The number of rotatable bonds is 7. The third kappa shape index (κ3) is 6.45. The standard InChI is InChI=1S/C16H27N/c1-13(2)6-5-7-16-11-10-15(12-17-16)9-8-14(3)4/h10-14H,5-9H2,1-4H3. The molecule has 0 aliphatic heterocycles. The fourth-order valence-corrected chi connectivity index (χ4v) is 1.90. The minimum absolute atomic E-state index is 0.778. The quantitative estimate of drug-likeness (QED) is 0.668. The predicted molar refractivity (Wildman–Crippen MR) is 75.2 cm³/mol. The molecule has 0 aromatic carbocycles. The molecule has 0 fully saturated rings. The summed E-state index contributed by atoms with van der Waals surface area (Å²) in [5, 5.41) is 0. The van der Waals surface area contributed by atoms with Gasteiger partial charge < -0.3 is 0 Å². The fourth-order valence-electron chi connectivity index (χ4n) is 1.90. The van der Waals surface area contributed by atoms with Crippen molar-refractivity contribution in [3.8, 4) is 0 Å². The van der Waals surface area contributed by atoms with Crippen LogP contribution in [0, 0.1) is 11.8 Å². The SMILES string of the molecule is CC(C)CCCc1ccc(CCC(C)C)cn1. The van der Waals surface area contributed by atoms with Gasteiger partial charge in [0.1, 0.15) is 0 Å². The molecule has 0 bridgehead atoms. The van der Waals surface area contributed by atoms with Crippen LogP contribution in [-0.4, -0.2) is 4.98 Å². The molecule has 1 rings (SSSR count). The maximum Gasteiger partial charge on any atom is 0.0403 e. The van der Waals surface area contributed by atoms with Gasteiger partial charge in [-0.2, -0.15) is 0 Å². The van der Waals surface area contributed by atoms with Crippen LogP contribution in [-0.2, 0) is 12.8 Å². The summed E-state index contributed by atoms with van der Waals surface area (Å²) >= 11 is 0. The van der Waals surface area contributed by atoms with Gasteiger partial charge in [-0.1, -0.05) is 40.2 Å². The molecule has 1 aromatic heterocycles. The lowest BCUT2D eigenvalue weighted by molar-refractivity contribution is 0.552. The number of hydrogen-bond donors (Lipinski definition) is 0. The Balaban J connectivity index is 2.34. The summed E-state index contributed by atoms with van der Waals surface area (Å²) in [5.41, 5.74) is 2.63. The molecule has 0 saturated carbocycles. The summed E-state index contributed by atoms with van der Waals surface area (Å²) in [7, 11) is 0. The van der Waals surface area contributed by atoms with Gasteiger partial charge in [0, 0.05) is 11.9 Å². The Morgan fingerprint density at radius 2 is 1.65 bits per heavy atom. The van der Waals surface area contributed by atoms with Crippen LogP contribution in [0.1, 0.15) is 58.2 Å². The molecule has 96 valence electrons. The fraction of sp³-hybridized carbons (Fsp3) is 0.688. The minimum atomic E-state index is 0.778. The summed E-state index contributed by atoms with van der Waals surface area (Å²) in [4.78, 5) is 4.55. The third-order valence-electron chi connectivity index (χ3n) is 3.11. The van der Waals surface area contributed by atoms with Gasteiger partial charge in [-0.3, -0.25) is 4.98 Å². The second-order valence-electron chi connectivity index (χ2n) is 5.88. The Morgan fingerprint density at radius 3 is 2.18 bits per heavy atom. The van der Waals surface area contributed by atoms with E-state index in [0.29, 0.717) is 0 Å². The minimum Gasteiger partial charge on any atom is -0.261 e. The van der Waals surface area contributed by atoms with Gasteiger partial charge >= 0.3 is 0 Å². The van der Waals surface area contributed by atoms with Gasteiger partial charge in [0.05, 0.1) is 0 Å². The van der Waals surface area contributed by atoms with E-state index < -0.39 is 0 Å². The molecule has 1 heteroatoms. The summed E-state index contributed by atoms with van der Waals surface area (Å²) in [6, 6.07) is 4.45. The van der Waals surface area contributed by atoms with Crippen molar-refractivity contribution in [2.45, 2.75) is 59.8 Å². The van der Waals surface area contributed by atoms with Crippen LogP contribution in [0.25, 0.3) is 0 Å². The van der Waals surface area contributed by atoms with Crippen molar-refractivity contribution in [2.24, 2.45) is 11.8 Å². The van der Waals surface area contributed by atoms with Gasteiger partial charge in [-0.25, -0.2) is 0 Å². The number of pyridine rings is 1. The van der Waals surface area contributed by atoms with E-state index in [0.717, 1.165) is 24.7 Å². The molecule has 1 nitrogen and oxygen atoms in total. The predicted octanol–water partition coefficient (Wildman–Crippen LogP) is 4.65. The van der Waals surface area contributed by atoms with E-state index in [1.54, 1.807) is 0 Å². The van der Waals surface area contributed by atoms with Crippen LogP contribution in [0.4, 0.5) is 0 Å². The van der Waals surface area contributed by atoms with E-state index in [4.69, 9.17) is 0 Å². The first-order chi connectivity index (χ1) is 8.08. The molecular weight excluding hydrogens is 206 g/mol.